The minimum Gasteiger partial charge on any atom is -0.478 e. The number of thiophene rings is 1. The highest BCUT2D eigenvalue weighted by molar-refractivity contribution is 7.10. The van der Waals surface area contributed by atoms with Crippen LogP contribution in [0.5, 0.6) is 0 Å². The molecule has 2 N–H and O–H groups in total. The quantitative estimate of drug-likeness (QED) is 0.721. The fourth-order valence-electron chi connectivity index (χ4n) is 1.68. The molecular weight excluding hydrogens is 288 g/mol. The summed E-state index contributed by atoms with van der Waals surface area (Å²) in [5.74, 6) is -0.490. The second kappa shape index (κ2) is 8.59. The van der Waals surface area contributed by atoms with Crippen LogP contribution >= 0.6 is 11.3 Å². The Hall–Kier alpha value is -1.66. The number of carbonyl (C=O) groups is 2. The largest absolute Gasteiger partial charge is 0.478 e. The molecule has 0 unspecified atom stereocenters. The van der Waals surface area contributed by atoms with Gasteiger partial charge < -0.3 is 10.4 Å². The summed E-state index contributed by atoms with van der Waals surface area (Å²) in [4.78, 5) is 25.2. The lowest BCUT2D eigenvalue weighted by Gasteiger charge is -2.15. The monoisotopic (exact) mass is 310 g/mol. The van der Waals surface area contributed by atoms with Crippen molar-refractivity contribution in [1.82, 2.24) is 10.2 Å². The van der Waals surface area contributed by atoms with Crippen LogP contribution < -0.4 is 5.32 Å². The second-order valence-electron chi connectivity index (χ2n) is 5.39. The number of carboxylic acid groups (broad SMARTS) is 1. The molecule has 1 aromatic rings. The molecular formula is C15H22N2O3S. The molecule has 0 aliphatic carbocycles. The molecule has 0 saturated carbocycles. The Kier molecular flexibility index (Phi) is 7.11. The van der Waals surface area contributed by atoms with Gasteiger partial charge in [0.1, 0.15) is 0 Å². The maximum Gasteiger partial charge on any atom is 0.328 e. The Bertz CT molecular complexity index is 509. The first kappa shape index (κ1) is 17.4. The first-order chi connectivity index (χ1) is 9.86. The number of nitrogens with one attached hydrogen (secondary N) is 1. The third-order valence-corrected chi connectivity index (χ3v) is 3.58. The van der Waals surface area contributed by atoms with E-state index in [0.717, 1.165) is 16.5 Å². The Morgan fingerprint density at radius 3 is 2.81 bits per heavy atom. The summed E-state index contributed by atoms with van der Waals surface area (Å²) in [6.07, 6.45) is 2.69. The van der Waals surface area contributed by atoms with Gasteiger partial charge >= 0.3 is 5.97 Å². The Balaban J connectivity index is 2.42. The van der Waals surface area contributed by atoms with Crippen LogP contribution in [0.1, 0.15) is 24.3 Å². The van der Waals surface area contributed by atoms with Crippen LogP contribution in [0.15, 0.2) is 17.5 Å². The third kappa shape index (κ3) is 7.63. The molecule has 1 rings (SSSR count). The van der Waals surface area contributed by atoms with Gasteiger partial charge in [-0.3, -0.25) is 9.69 Å². The van der Waals surface area contributed by atoms with Crippen LogP contribution in [-0.2, 0) is 16.1 Å². The van der Waals surface area contributed by atoms with Gasteiger partial charge in [-0.05, 0) is 36.1 Å². The van der Waals surface area contributed by atoms with Gasteiger partial charge in [0.2, 0.25) is 5.91 Å². The highest BCUT2D eigenvalue weighted by atomic mass is 32.1. The fraction of sp³-hybridized carbons (Fsp3) is 0.467. The molecule has 1 aromatic heterocycles. The summed E-state index contributed by atoms with van der Waals surface area (Å²) in [6.45, 7) is 5.82. The van der Waals surface area contributed by atoms with Gasteiger partial charge in [-0.25, -0.2) is 4.79 Å². The molecule has 1 heterocycles. The molecule has 6 heteroatoms. The molecule has 21 heavy (non-hydrogen) atoms. The number of carbonyl (C=O) groups excluding carboxylic acids is 1. The Morgan fingerprint density at radius 1 is 1.48 bits per heavy atom. The van der Waals surface area contributed by atoms with E-state index in [1.807, 2.05) is 23.4 Å². The average Bonchev–Trinajstić information content (AvgIpc) is 2.81. The molecule has 0 bridgehead atoms. The van der Waals surface area contributed by atoms with Gasteiger partial charge in [-0.15, -0.1) is 11.3 Å². The molecule has 0 radical (unpaired) electrons. The molecule has 0 spiro atoms. The van der Waals surface area contributed by atoms with Crippen LogP contribution in [0.25, 0.3) is 6.08 Å². The molecule has 1 amide bonds. The van der Waals surface area contributed by atoms with E-state index < -0.39 is 5.97 Å². The Morgan fingerprint density at radius 2 is 2.19 bits per heavy atom. The lowest BCUT2D eigenvalue weighted by molar-refractivity contribution is -0.131. The normalized spacial score (nSPS) is 11.5. The van der Waals surface area contributed by atoms with E-state index in [4.69, 9.17) is 5.11 Å². The van der Waals surface area contributed by atoms with Crippen molar-refractivity contribution in [2.75, 3.05) is 20.1 Å². The fourth-order valence-corrected chi connectivity index (χ4v) is 2.61. The van der Waals surface area contributed by atoms with E-state index in [1.54, 1.807) is 17.4 Å². The summed E-state index contributed by atoms with van der Waals surface area (Å²) >= 11 is 1.56. The molecule has 0 aliphatic rings. The van der Waals surface area contributed by atoms with Crippen molar-refractivity contribution in [2.45, 2.75) is 20.4 Å². The molecule has 0 atom stereocenters. The van der Waals surface area contributed by atoms with Gasteiger partial charge in [-0.1, -0.05) is 13.8 Å². The zero-order chi connectivity index (χ0) is 15.8. The van der Waals surface area contributed by atoms with Crippen molar-refractivity contribution in [3.05, 3.63) is 28.0 Å². The number of nitrogens with zero attached hydrogens (tertiary/aromatic N) is 1. The highest BCUT2D eigenvalue weighted by Gasteiger charge is 2.08. The van der Waals surface area contributed by atoms with E-state index in [0.29, 0.717) is 25.6 Å². The van der Waals surface area contributed by atoms with E-state index in [2.05, 4.69) is 19.2 Å². The predicted octanol–water partition coefficient (Wildman–Crippen LogP) is 2.05. The minimum absolute atomic E-state index is 0.0220. The molecule has 5 nitrogen and oxygen atoms in total. The van der Waals surface area contributed by atoms with Crippen molar-refractivity contribution in [1.29, 1.82) is 0 Å². The number of likely N-dealkylation sites (N-methyl/N-ethyl adjacent to an activating group) is 1. The average molecular weight is 310 g/mol. The number of aliphatic carboxylic acids is 1. The maximum atomic E-state index is 11.7. The van der Waals surface area contributed by atoms with Crippen molar-refractivity contribution in [3.63, 3.8) is 0 Å². The van der Waals surface area contributed by atoms with Gasteiger partial charge in [0.05, 0.1) is 6.54 Å². The van der Waals surface area contributed by atoms with E-state index in [1.165, 1.54) is 0 Å². The first-order valence-electron chi connectivity index (χ1n) is 6.80. The summed E-state index contributed by atoms with van der Waals surface area (Å²) in [7, 11) is 1.89. The molecule has 116 valence electrons. The lowest BCUT2D eigenvalue weighted by Crippen LogP contribution is -2.36. The zero-order valence-corrected chi connectivity index (χ0v) is 13.4. The Labute approximate surface area is 129 Å². The van der Waals surface area contributed by atoms with Crippen molar-refractivity contribution >= 4 is 29.3 Å². The number of amides is 1. The maximum absolute atomic E-state index is 11.7. The third-order valence-electron chi connectivity index (χ3n) is 2.64. The summed E-state index contributed by atoms with van der Waals surface area (Å²) in [5, 5.41) is 13.4. The van der Waals surface area contributed by atoms with Crippen LogP contribution in [0.3, 0.4) is 0 Å². The van der Waals surface area contributed by atoms with E-state index in [-0.39, 0.29) is 5.91 Å². The number of hydrogen-bond acceptors (Lipinski definition) is 4. The smallest absolute Gasteiger partial charge is 0.328 e. The summed E-state index contributed by atoms with van der Waals surface area (Å²) in [5.41, 5.74) is 0.870. The second-order valence-corrected chi connectivity index (χ2v) is 6.38. The van der Waals surface area contributed by atoms with Crippen molar-refractivity contribution in [2.24, 2.45) is 5.92 Å². The van der Waals surface area contributed by atoms with Gasteiger partial charge in [0.15, 0.2) is 0 Å². The number of carboxylic acids is 1. The number of rotatable bonds is 8. The van der Waals surface area contributed by atoms with E-state index in [9.17, 15) is 9.59 Å². The van der Waals surface area contributed by atoms with Gasteiger partial charge in [0.25, 0.3) is 0 Å². The van der Waals surface area contributed by atoms with Crippen molar-refractivity contribution in [3.8, 4) is 0 Å². The van der Waals surface area contributed by atoms with Gasteiger partial charge in [0, 0.05) is 24.0 Å². The SMILES string of the molecule is CC(C)CNC(=O)CN(C)Cc1cc(/C=C/C(=O)O)cs1. The van der Waals surface area contributed by atoms with Crippen LogP contribution in [-0.4, -0.2) is 42.0 Å². The highest BCUT2D eigenvalue weighted by Crippen LogP contribution is 2.17. The summed E-state index contributed by atoms with van der Waals surface area (Å²) < 4.78 is 0. The molecule has 0 aliphatic heterocycles. The standard InChI is InChI=1S/C15H22N2O3S/c1-11(2)7-16-14(18)9-17(3)8-13-6-12(10-21-13)4-5-15(19)20/h4-6,10-11H,7-9H2,1-3H3,(H,16,18)(H,19,20)/b5-4+. The van der Waals surface area contributed by atoms with Gasteiger partial charge in [-0.2, -0.15) is 0 Å². The molecule has 0 aromatic carbocycles. The summed E-state index contributed by atoms with van der Waals surface area (Å²) in [6, 6.07) is 1.94. The van der Waals surface area contributed by atoms with Crippen LogP contribution in [0, 0.1) is 5.92 Å². The topological polar surface area (TPSA) is 69.6 Å². The molecule has 0 fully saturated rings. The lowest BCUT2D eigenvalue weighted by atomic mass is 10.2. The first-order valence-corrected chi connectivity index (χ1v) is 7.68. The minimum atomic E-state index is -0.957. The predicted molar refractivity (Wildman–Crippen MR) is 85.2 cm³/mol. The van der Waals surface area contributed by atoms with E-state index >= 15 is 0 Å². The zero-order valence-electron chi connectivity index (χ0n) is 12.6. The van der Waals surface area contributed by atoms with Crippen LogP contribution in [0.2, 0.25) is 0 Å². The van der Waals surface area contributed by atoms with Crippen LogP contribution in [0.4, 0.5) is 0 Å². The number of hydrogen-bond donors (Lipinski definition) is 2. The molecule has 0 saturated heterocycles. The van der Waals surface area contributed by atoms with Crippen molar-refractivity contribution < 1.29 is 14.7 Å².